The Morgan fingerprint density at radius 2 is 1.81 bits per heavy atom. The number of alkyl halides is 2. The van der Waals surface area contributed by atoms with Gasteiger partial charge in [-0.3, -0.25) is 9.79 Å². The van der Waals surface area contributed by atoms with Gasteiger partial charge in [0, 0.05) is 72.9 Å². The van der Waals surface area contributed by atoms with Crippen molar-refractivity contribution in [3.63, 3.8) is 0 Å². The molecule has 0 spiro atoms. The normalized spacial score (nSPS) is 22.7. The summed E-state index contributed by atoms with van der Waals surface area (Å²) in [5.41, 5.74) is 1.10. The highest BCUT2D eigenvalue weighted by Gasteiger charge is 2.45. The van der Waals surface area contributed by atoms with E-state index in [4.69, 9.17) is 0 Å². The van der Waals surface area contributed by atoms with Crippen molar-refractivity contribution in [1.82, 2.24) is 14.8 Å². The Bertz CT molecular complexity index is 1310. The lowest BCUT2D eigenvalue weighted by molar-refractivity contribution is -0.0834. The summed E-state index contributed by atoms with van der Waals surface area (Å²) < 4.78 is 28.3. The first-order valence-corrected chi connectivity index (χ1v) is 13.2. The standard InChI is InChI=1S/C28H37F2N5O/c1-19-26(18-31-20(2)32-21-16-28(29,30)17-21)24-10-9-23(34-13-11-33(3)12-14-34)15-25(24)27(36)35(19)22-7-5-4-6-8-22/h9-10,15,18,21-22H,1,4-8,11-14,16-17H2,2-3H3,(H,31,32)/b26-18+. The number of hydrogen-bond acceptors (Lipinski definition) is 4. The summed E-state index contributed by atoms with van der Waals surface area (Å²) in [6.45, 7) is 10.0. The molecule has 1 saturated heterocycles. The van der Waals surface area contributed by atoms with Crippen LogP contribution in [0.5, 0.6) is 0 Å². The Balaban J connectivity index is 1.56. The molecule has 1 aliphatic heterocycles. The molecule has 0 atom stereocenters. The van der Waals surface area contributed by atoms with E-state index in [-0.39, 0.29) is 30.5 Å². The summed E-state index contributed by atoms with van der Waals surface area (Å²) in [5.74, 6) is -2.00. The number of benzene rings is 1. The molecule has 36 heavy (non-hydrogen) atoms. The highest BCUT2D eigenvalue weighted by atomic mass is 19.3. The highest BCUT2D eigenvalue weighted by molar-refractivity contribution is 5.88. The minimum atomic E-state index is -2.59. The van der Waals surface area contributed by atoms with E-state index < -0.39 is 5.92 Å². The Morgan fingerprint density at radius 3 is 2.47 bits per heavy atom. The largest absolute Gasteiger partial charge is 0.369 e. The molecule has 3 fully saturated rings. The van der Waals surface area contributed by atoms with E-state index in [9.17, 15) is 13.6 Å². The molecule has 2 heterocycles. The molecule has 194 valence electrons. The van der Waals surface area contributed by atoms with Crippen molar-refractivity contribution < 1.29 is 8.78 Å². The van der Waals surface area contributed by atoms with Crippen LogP contribution in [-0.4, -0.2) is 60.5 Å². The van der Waals surface area contributed by atoms with Gasteiger partial charge in [0.05, 0.1) is 11.9 Å². The van der Waals surface area contributed by atoms with E-state index in [1.165, 1.54) is 6.42 Å². The number of pyridine rings is 1. The number of nitrogens with zero attached hydrogens (tertiary/aromatic N) is 4. The zero-order chi connectivity index (χ0) is 25.4. The van der Waals surface area contributed by atoms with Gasteiger partial charge in [0.25, 0.3) is 11.5 Å². The van der Waals surface area contributed by atoms with Gasteiger partial charge in [-0.1, -0.05) is 31.9 Å². The van der Waals surface area contributed by atoms with Gasteiger partial charge >= 0.3 is 0 Å². The summed E-state index contributed by atoms with van der Waals surface area (Å²) >= 11 is 0. The average Bonchev–Trinajstić information content (AvgIpc) is 2.84. The predicted octanol–water partition coefficient (Wildman–Crippen LogP) is 3.21. The molecule has 2 saturated carbocycles. The molecule has 6 nitrogen and oxygen atoms in total. The van der Waals surface area contributed by atoms with Gasteiger partial charge in [-0.2, -0.15) is 0 Å². The van der Waals surface area contributed by atoms with Crippen LogP contribution in [0.4, 0.5) is 14.5 Å². The van der Waals surface area contributed by atoms with E-state index >= 15 is 0 Å². The maximum absolute atomic E-state index is 13.8. The third kappa shape index (κ3) is 5.05. The number of anilines is 1. The van der Waals surface area contributed by atoms with Crippen molar-refractivity contribution in [2.45, 2.75) is 69.9 Å². The van der Waals surface area contributed by atoms with Crippen molar-refractivity contribution in [2.75, 3.05) is 38.1 Å². The molecule has 1 aromatic carbocycles. The second kappa shape index (κ2) is 9.96. The molecule has 3 aliphatic rings. The van der Waals surface area contributed by atoms with E-state index in [1.54, 1.807) is 6.92 Å². The lowest BCUT2D eigenvalue weighted by atomic mass is 9.89. The maximum atomic E-state index is 13.8. The number of aromatic nitrogens is 1. The number of amidine groups is 1. The van der Waals surface area contributed by atoms with Crippen LogP contribution in [0.25, 0.3) is 23.6 Å². The van der Waals surface area contributed by atoms with Crippen LogP contribution in [0.3, 0.4) is 0 Å². The summed E-state index contributed by atoms with van der Waals surface area (Å²) in [5, 5.41) is 6.30. The van der Waals surface area contributed by atoms with Gasteiger partial charge in [-0.25, -0.2) is 8.78 Å². The van der Waals surface area contributed by atoms with Crippen molar-refractivity contribution in [1.29, 1.82) is 0 Å². The van der Waals surface area contributed by atoms with E-state index in [0.29, 0.717) is 16.6 Å². The lowest BCUT2D eigenvalue weighted by Crippen LogP contribution is -2.46. The molecule has 0 radical (unpaired) electrons. The van der Waals surface area contributed by atoms with Gasteiger partial charge in [0.2, 0.25) is 0 Å². The minimum Gasteiger partial charge on any atom is -0.369 e. The molecule has 8 heteroatoms. The molecular weight excluding hydrogens is 460 g/mol. The van der Waals surface area contributed by atoms with E-state index in [2.05, 4.69) is 39.8 Å². The molecular formula is C28H37F2N5O. The first-order chi connectivity index (χ1) is 17.2. The van der Waals surface area contributed by atoms with Gasteiger partial charge in [0.1, 0.15) is 0 Å². The highest BCUT2D eigenvalue weighted by Crippen LogP contribution is 2.39. The van der Waals surface area contributed by atoms with E-state index in [0.717, 1.165) is 68.2 Å². The van der Waals surface area contributed by atoms with Crippen LogP contribution in [0.15, 0.2) is 28.0 Å². The average molecular weight is 498 g/mol. The lowest BCUT2D eigenvalue weighted by Gasteiger charge is -2.34. The Hall–Kier alpha value is -2.74. The van der Waals surface area contributed by atoms with Gasteiger partial charge in [0.15, 0.2) is 0 Å². The smallest absolute Gasteiger partial charge is 0.259 e. The van der Waals surface area contributed by atoms with Crippen LogP contribution < -0.4 is 26.3 Å². The molecule has 2 aromatic rings. The van der Waals surface area contributed by atoms with Gasteiger partial charge in [-0.05, 0) is 44.3 Å². The number of halogens is 2. The fourth-order valence-electron chi connectivity index (χ4n) is 5.84. The summed E-state index contributed by atoms with van der Waals surface area (Å²) in [7, 11) is 2.13. The third-order valence-corrected chi connectivity index (χ3v) is 8.02. The van der Waals surface area contributed by atoms with Crippen LogP contribution >= 0.6 is 0 Å². The second-order valence-electron chi connectivity index (χ2n) is 10.8. The number of likely N-dealkylation sites (N-methyl/N-ethyl adjacent to an activating group) is 1. The van der Waals surface area contributed by atoms with Crippen molar-refractivity contribution in [3.05, 3.63) is 39.1 Å². The monoisotopic (exact) mass is 497 g/mol. The van der Waals surface area contributed by atoms with Crippen LogP contribution in [-0.2, 0) is 0 Å². The summed E-state index contributed by atoms with van der Waals surface area (Å²) in [4.78, 5) is 22.9. The maximum Gasteiger partial charge on any atom is 0.259 e. The van der Waals surface area contributed by atoms with Crippen LogP contribution in [0.2, 0.25) is 0 Å². The first-order valence-electron chi connectivity index (χ1n) is 13.2. The van der Waals surface area contributed by atoms with Crippen molar-refractivity contribution in [2.24, 2.45) is 4.99 Å². The number of piperazine rings is 1. The van der Waals surface area contributed by atoms with Crippen LogP contribution in [0.1, 0.15) is 57.9 Å². The van der Waals surface area contributed by atoms with Crippen molar-refractivity contribution in [3.8, 4) is 0 Å². The number of rotatable bonds is 4. The van der Waals surface area contributed by atoms with Gasteiger partial charge < -0.3 is 19.7 Å². The summed E-state index contributed by atoms with van der Waals surface area (Å²) in [6.07, 6.45) is 6.85. The molecule has 0 bridgehead atoms. The SMILES string of the molecule is C=c1/c(=C\NC(C)=NC2CC(F)(F)C2)c2ccc(N3CCN(C)CC3)cc2c(=O)n1C1CCCCC1. The van der Waals surface area contributed by atoms with Crippen LogP contribution in [0, 0.1) is 0 Å². The molecule has 0 amide bonds. The van der Waals surface area contributed by atoms with Gasteiger partial charge in [-0.15, -0.1) is 0 Å². The summed E-state index contributed by atoms with van der Waals surface area (Å²) in [6, 6.07) is 5.95. The van der Waals surface area contributed by atoms with E-state index in [1.807, 2.05) is 22.9 Å². The number of nitrogens with one attached hydrogen (secondary N) is 1. The zero-order valence-electron chi connectivity index (χ0n) is 21.4. The molecule has 1 aromatic heterocycles. The Kier molecular flexibility index (Phi) is 6.90. The quantitative estimate of drug-likeness (QED) is 0.521. The molecule has 0 unspecified atom stereocenters. The van der Waals surface area contributed by atoms with Crippen molar-refractivity contribution >= 4 is 35.1 Å². The number of fused-ring (bicyclic) bond motifs is 1. The molecule has 2 aliphatic carbocycles. The molecule has 1 N–H and O–H groups in total. The fraction of sp³-hybridized carbons (Fsp3) is 0.571. The Labute approximate surface area is 211 Å². The second-order valence-corrected chi connectivity index (χ2v) is 10.8. The predicted molar refractivity (Wildman–Crippen MR) is 143 cm³/mol. The zero-order valence-corrected chi connectivity index (χ0v) is 21.4. The number of hydrogen-bond donors (Lipinski definition) is 1. The Morgan fingerprint density at radius 1 is 1.11 bits per heavy atom. The minimum absolute atomic E-state index is 0.0251. The first kappa shape index (κ1) is 24.9. The third-order valence-electron chi connectivity index (χ3n) is 8.02. The topological polar surface area (TPSA) is 52.9 Å². The number of aliphatic imine (C=N–C) groups is 1. The fourth-order valence-corrected chi connectivity index (χ4v) is 5.84. The molecule has 5 rings (SSSR count).